The third-order valence-corrected chi connectivity index (χ3v) is 2.36. The number of nitrogens with zero attached hydrogens (tertiary/aromatic N) is 1. The standard InChI is InChI=1S/C9H7NO2S/c1-6-2-3-7(12-6)8(11)9-10-4-5-13-9/h2-5H,1H3. The second-order valence-corrected chi connectivity index (χ2v) is 3.47. The third kappa shape index (κ3) is 1.53. The van der Waals surface area contributed by atoms with Gasteiger partial charge >= 0.3 is 0 Å². The summed E-state index contributed by atoms with van der Waals surface area (Å²) in [4.78, 5) is 15.5. The van der Waals surface area contributed by atoms with E-state index < -0.39 is 0 Å². The van der Waals surface area contributed by atoms with Crippen LogP contribution in [0.25, 0.3) is 0 Å². The summed E-state index contributed by atoms with van der Waals surface area (Å²) in [6, 6.07) is 3.43. The van der Waals surface area contributed by atoms with Crippen LogP contribution in [0.4, 0.5) is 0 Å². The number of hydrogen-bond donors (Lipinski definition) is 0. The van der Waals surface area contributed by atoms with Crippen LogP contribution in [0.15, 0.2) is 28.1 Å². The summed E-state index contributed by atoms with van der Waals surface area (Å²) in [7, 11) is 0. The van der Waals surface area contributed by atoms with Gasteiger partial charge in [0.2, 0.25) is 0 Å². The summed E-state index contributed by atoms with van der Waals surface area (Å²) in [5.74, 6) is 0.940. The number of aryl methyl sites for hydroxylation is 1. The van der Waals surface area contributed by atoms with Crippen molar-refractivity contribution in [3.05, 3.63) is 40.2 Å². The molecule has 66 valence electrons. The molecule has 0 aliphatic heterocycles. The van der Waals surface area contributed by atoms with E-state index in [1.807, 2.05) is 0 Å². The Morgan fingerprint density at radius 3 is 2.92 bits per heavy atom. The van der Waals surface area contributed by atoms with Gasteiger partial charge in [0.1, 0.15) is 5.76 Å². The summed E-state index contributed by atoms with van der Waals surface area (Å²) in [6.45, 7) is 1.80. The highest BCUT2D eigenvalue weighted by Crippen LogP contribution is 2.14. The molecule has 2 aromatic heterocycles. The molecular weight excluding hydrogens is 186 g/mol. The van der Waals surface area contributed by atoms with Crippen LogP contribution in [0.5, 0.6) is 0 Å². The first-order chi connectivity index (χ1) is 6.27. The van der Waals surface area contributed by atoms with Crippen molar-refractivity contribution in [2.45, 2.75) is 6.92 Å². The molecule has 4 heteroatoms. The van der Waals surface area contributed by atoms with E-state index >= 15 is 0 Å². The Morgan fingerprint density at radius 2 is 2.38 bits per heavy atom. The van der Waals surface area contributed by atoms with Crippen molar-refractivity contribution >= 4 is 17.1 Å². The highest BCUT2D eigenvalue weighted by atomic mass is 32.1. The van der Waals surface area contributed by atoms with Gasteiger partial charge in [-0.05, 0) is 19.1 Å². The fourth-order valence-electron chi connectivity index (χ4n) is 0.998. The van der Waals surface area contributed by atoms with E-state index in [4.69, 9.17) is 4.42 Å². The van der Waals surface area contributed by atoms with E-state index in [1.54, 1.807) is 30.6 Å². The van der Waals surface area contributed by atoms with Crippen LogP contribution >= 0.6 is 11.3 Å². The molecule has 0 bridgehead atoms. The highest BCUT2D eigenvalue weighted by molar-refractivity contribution is 7.11. The molecule has 0 spiro atoms. The monoisotopic (exact) mass is 193 g/mol. The molecule has 0 amide bonds. The largest absolute Gasteiger partial charge is 0.458 e. The zero-order valence-corrected chi connectivity index (χ0v) is 7.80. The molecule has 2 aromatic rings. The number of carbonyl (C=O) groups is 1. The first kappa shape index (κ1) is 8.19. The van der Waals surface area contributed by atoms with E-state index in [2.05, 4.69) is 4.98 Å². The van der Waals surface area contributed by atoms with Crippen LogP contribution in [0, 0.1) is 6.92 Å². The molecular formula is C9H7NO2S. The Kier molecular flexibility index (Phi) is 1.98. The Balaban J connectivity index is 2.33. The van der Waals surface area contributed by atoms with E-state index in [0.717, 1.165) is 5.76 Å². The van der Waals surface area contributed by atoms with Gasteiger partial charge in [0.15, 0.2) is 10.8 Å². The molecule has 0 aliphatic rings. The number of thiazole rings is 1. The third-order valence-electron chi connectivity index (χ3n) is 1.59. The zero-order valence-electron chi connectivity index (χ0n) is 6.98. The van der Waals surface area contributed by atoms with Crippen LogP contribution in [-0.2, 0) is 0 Å². The lowest BCUT2D eigenvalue weighted by Crippen LogP contribution is -1.97. The summed E-state index contributed by atoms with van der Waals surface area (Å²) < 4.78 is 5.19. The Morgan fingerprint density at radius 1 is 1.54 bits per heavy atom. The smallest absolute Gasteiger partial charge is 0.256 e. The number of ketones is 1. The normalized spacial score (nSPS) is 10.2. The summed E-state index contributed by atoms with van der Waals surface area (Å²) >= 11 is 1.31. The topological polar surface area (TPSA) is 43.1 Å². The van der Waals surface area contributed by atoms with Crippen molar-refractivity contribution in [1.29, 1.82) is 0 Å². The van der Waals surface area contributed by atoms with E-state index in [0.29, 0.717) is 10.8 Å². The number of hydrogen-bond acceptors (Lipinski definition) is 4. The molecule has 0 aromatic carbocycles. The first-order valence-corrected chi connectivity index (χ1v) is 4.66. The number of rotatable bonds is 2. The average Bonchev–Trinajstić information content (AvgIpc) is 2.72. The van der Waals surface area contributed by atoms with Crippen molar-refractivity contribution in [1.82, 2.24) is 4.98 Å². The molecule has 0 aliphatic carbocycles. The Bertz CT molecular complexity index is 417. The van der Waals surface area contributed by atoms with E-state index in [-0.39, 0.29) is 5.78 Å². The molecule has 2 heterocycles. The van der Waals surface area contributed by atoms with Crippen molar-refractivity contribution in [3.63, 3.8) is 0 Å². The molecule has 0 atom stereocenters. The van der Waals surface area contributed by atoms with Gasteiger partial charge in [-0.2, -0.15) is 0 Å². The molecule has 3 nitrogen and oxygen atoms in total. The van der Waals surface area contributed by atoms with Gasteiger partial charge in [-0.1, -0.05) is 0 Å². The lowest BCUT2D eigenvalue weighted by Gasteiger charge is -1.89. The van der Waals surface area contributed by atoms with Gasteiger partial charge in [-0.15, -0.1) is 11.3 Å². The minimum Gasteiger partial charge on any atom is -0.458 e. The van der Waals surface area contributed by atoms with Gasteiger partial charge in [0.25, 0.3) is 5.78 Å². The number of aromatic nitrogens is 1. The van der Waals surface area contributed by atoms with Crippen LogP contribution in [0.1, 0.15) is 21.3 Å². The molecule has 0 N–H and O–H groups in total. The van der Waals surface area contributed by atoms with Gasteiger partial charge < -0.3 is 4.42 Å². The molecule has 0 saturated heterocycles. The molecule has 0 fully saturated rings. The maximum Gasteiger partial charge on any atom is 0.256 e. The average molecular weight is 193 g/mol. The second kappa shape index (κ2) is 3.14. The van der Waals surface area contributed by atoms with Crippen molar-refractivity contribution in [2.24, 2.45) is 0 Å². The van der Waals surface area contributed by atoms with Gasteiger partial charge in [-0.25, -0.2) is 4.98 Å². The number of furan rings is 1. The molecule has 13 heavy (non-hydrogen) atoms. The summed E-state index contributed by atoms with van der Waals surface area (Å²) in [5.41, 5.74) is 0. The van der Waals surface area contributed by atoms with E-state index in [1.165, 1.54) is 11.3 Å². The maximum atomic E-state index is 11.6. The van der Waals surface area contributed by atoms with Crippen LogP contribution < -0.4 is 0 Å². The summed E-state index contributed by atoms with van der Waals surface area (Å²) in [5, 5.41) is 2.23. The van der Waals surface area contributed by atoms with Gasteiger partial charge in [0, 0.05) is 11.6 Å². The summed E-state index contributed by atoms with van der Waals surface area (Å²) in [6.07, 6.45) is 1.60. The first-order valence-electron chi connectivity index (χ1n) is 3.78. The minimum absolute atomic E-state index is 0.150. The predicted octanol–water partition coefficient (Wildman–Crippen LogP) is 2.28. The maximum absolute atomic E-state index is 11.6. The fourth-order valence-corrected chi connectivity index (χ4v) is 1.58. The Labute approximate surface area is 79.0 Å². The lowest BCUT2D eigenvalue weighted by molar-refractivity contribution is 0.101. The van der Waals surface area contributed by atoms with Crippen LogP contribution in [0.2, 0.25) is 0 Å². The SMILES string of the molecule is Cc1ccc(C(=O)c2nccs2)o1. The van der Waals surface area contributed by atoms with Crippen molar-refractivity contribution in [3.8, 4) is 0 Å². The number of carbonyl (C=O) groups excluding carboxylic acids is 1. The van der Waals surface area contributed by atoms with Crippen LogP contribution in [-0.4, -0.2) is 10.8 Å². The second-order valence-electron chi connectivity index (χ2n) is 2.58. The Hall–Kier alpha value is -1.42. The van der Waals surface area contributed by atoms with Crippen LogP contribution in [0.3, 0.4) is 0 Å². The van der Waals surface area contributed by atoms with Crippen molar-refractivity contribution < 1.29 is 9.21 Å². The van der Waals surface area contributed by atoms with Gasteiger partial charge in [0.05, 0.1) is 0 Å². The molecule has 0 saturated carbocycles. The molecule has 0 unspecified atom stereocenters. The molecule has 2 rings (SSSR count). The minimum atomic E-state index is -0.150. The van der Waals surface area contributed by atoms with E-state index in [9.17, 15) is 4.79 Å². The van der Waals surface area contributed by atoms with Crippen molar-refractivity contribution in [2.75, 3.05) is 0 Å². The molecule has 0 radical (unpaired) electrons. The quantitative estimate of drug-likeness (QED) is 0.687. The predicted molar refractivity (Wildman–Crippen MR) is 49.0 cm³/mol. The lowest BCUT2D eigenvalue weighted by atomic mass is 10.3. The van der Waals surface area contributed by atoms with Gasteiger partial charge in [-0.3, -0.25) is 4.79 Å². The zero-order chi connectivity index (χ0) is 9.26. The highest BCUT2D eigenvalue weighted by Gasteiger charge is 2.14. The fraction of sp³-hybridized carbons (Fsp3) is 0.111.